The van der Waals surface area contributed by atoms with Crippen LogP contribution >= 0.6 is 0 Å². The molecule has 0 spiro atoms. The van der Waals surface area contributed by atoms with Crippen molar-refractivity contribution in [1.82, 2.24) is 0 Å². The summed E-state index contributed by atoms with van der Waals surface area (Å²) in [5, 5.41) is 8.63. The third-order valence-electron chi connectivity index (χ3n) is 4.04. The largest absolute Gasteiger partial charge is 0.508 e. The number of hydrogen-bond donors (Lipinski definition) is 3. The van der Waals surface area contributed by atoms with Crippen LogP contribution in [0.1, 0.15) is 16.7 Å². The van der Waals surface area contributed by atoms with Crippen LogP contribution in [0.5, 0.6) is 5.75 Å². The lowest BCUT2D eigenvalue weighted by Crippen LogP contribution is -1.89. The van der Waals surface area contributed by atoms with Gasteiger partial charge in [-0.25, -0.2) is 0 Å². The van der Waals surface area contributed by atoms with Gasteiger partial charge in [0.25, 0.3) is 0 Å². The molecule has 5 nitrogen and oxygen atoms in total. The molecule has 0 radical (unpaired) electrons. The second-order valence-electron chi connectivity index (χ2n) is 6.48. The molecule has 0 heterocycles. The van der Waals surface area contributed by atoms with E-state index in [4.69, 9.17) is 22.6 Å². The van der Waals surface area contributed by atoms with E-state index in [2.05, 4.69) is 91.0 Å². The van der Waals surface area contributed by atoms with Gasteiger partial charge in [0.1, 0.15) is 5.75 Å². The highest BCUT2D eigenvalue weighted by Crippen LogP contribution is 2.25. The van der Waals surface area contributed by atoms with E-state index >= 15 is 0 Å². The highest BCUT2D eigenvalue weighted by atomic mass is 32.3. The monoisotopic (exact) mass is 448 g/mol. The van der Waals surface area contributed by atoms with Gasteiger partial charge in [-0.1, -0.05) is 109 Å². The molecule has 0 amide bonds. The number of hydrogen-bond acceptors (Lipinski definition) is 3. The van der Waals surface area contributed by atoms with Crippen LogP contribution in [0.2, 0.25) is 0 Å². The van der Waals surface area contributed by atoms with Crippen LogP contribution in [0.15, 0.2) is 121 Å². The minimum Gasteiger partial charge on any atom is -0.508 e. The minimum absolute atomic E-state index is 0.322. The zero-order chi connectivity index (χ0) is 23.2. The fraction of sp³-hybridized carbons (Fsp3) is 0. The molecule has 0 bridgehead atoms. The maximum absolute atomic E-state index is 8.74. The number of phenols is 1. The predicted octanol–water partition coefficient (Wildman–Crippen LogP) is 6.01. The first-order chi connectivity index (χ1) is 15.3. The van der Waals surface area contributed by atoms with E-state index in [0.29, 0.717) is 5.75 Å². The summed E-state index contributed by atoms with van der Waals surface area (Å²) in [5.74, 6) is 0.322. The van der Waals surface area contributed by atoms with Gasteiger partial charge in [-0.3, -0.25) is 9.11 Å². The van der Waals surface area contributed by atoms with E-state index in [-0.39, 0.29) is 0 Å². The normalized spacial score (nSPS) is 9.94. The molecule has 32 heavy (non-hydrogen) atoms. The number of rotatable bonds is 3. The lowest BCUT2D eigenvalue weighted by atomic mass is 9.96. The summed E-state index contributed by atoms with van der Waals surface area (Å²) >= 11 is 0. The fourth-order valence-corrected chi connectivity index (χ4v) is 2.71. The lowest BCUT2D eigenvalue weighted by Gasteiger charge is -2.08. The summed E-state index contributed by atoms with van der Waals surface area (Å²) < 4.78 is 31.6. The van der Waals surface area contributed by atoms with E-state index in [0.717, 1.165) is 0 Å². The minimum atomic E-state index is -4.67. The van der Waals surface area contributed by atoms with Gasteiger partial charge in [-0.05, 0) is 40.5 Å². The second-order valence-corrected chi connectivity index (χ2v) is 7.38. The molecule has 164 valence electrons. The number of benzene rings is 4. The standard InChI is InChI=1S/C20H16.C6H6O.H2O4S/c1-4-10-17(11-5-1)16-20(18-12-6-2-7-13-18)19-14-8-3-9-15-19;7-6-4-2-1-3-5-6;1-5(2,3)4/h1-16H;1-5,7H;(H2,1,2,3,4). The molecule has 4 aromatic carbocycles. The zero-order valence-corrected chi connectivity index (χ0v) is 18.0. The molecule has 0 aliphatic carbocycles. The average molecular weight is 449 g/mol. The van der Waals surface area contributed by atoms with Gasteiger partial charge >= 0.3 is 10.4 Å². The van der Waals surface area contributed by atoms with Crippen LogP contribution in [0.25, 0.3) is 11.6 Å². The molecule has 0 saturated carbocycles. The van der Waals surface area contributed by atoms with Crippen molar-refractivity contribution in [3.63, 3.8) is 0 Å². The first-order valence-corrected chi connectivity index (χ1v) is 11.0. The third kappa shape index (κ3) is 10.4. The van der Waals surface area contributed by atoms with E-state index in [1.54, 1.807) is 24.3 Å². The number of para-hydroxylation sites is 1. The summed E-state index contributed by atoms with van der Waals surface area (Å²) in [5.41, 5.74) is 4.94. The first-order valence-electron chi connectivity index (χ1n) is 9.64. The summed E-state index contributed by atoms with van der Waals surface area (Å²) in [6.45, 7) is 0. The molecule has 4 aromatic rings. The maximum atomic E-state index is 8.74. The Balaban J connectivity index is 0.000000249. The lowest BCUT2D eigenvalue weighted by molar-refractivity contribution is 0.381. The van der Waals surface area contributed by atoms with Crippen LogP contribution in [-0.4, -0.2) is 22.6 Å². The summed E-state index contributed by atoms with van der Waals surface area (Å²) in [6.07, 6.45) is 2.24. The number of phenolic OH excluding ortho intramolecular Hbond substituents is 1. The summed E-state index contributed by atoms with van der Waals surface area (Å²) in [4.78, 5) is 0. The van der Waals surface area contributed by atoms with Gasteiger partial charge in [0.15, 0.2) is 0 Å². The first kappa shape index (κ1) is 24.6. The molecular formula is C26H24O5S. The zero-order valence-electron chi connectivity index (χ0n) is 17.2. The molecule has 0 aliphatic heterocycles. The molecule has 0 aromatic heterocycles. The van der Waals surface area contributed by atoms with Crippen molar-refractivity contribution in [2.24, 2.45) is 0 Å². The fourth-order valence-electron chi connectivity index (χ4n) is 2.71. The maximum Gasteiger partial charge on any atom is 0.394 e. The Kier molecular flexibility index (Phi) is 9.87. The van der Waals surface area contributed by atoms with Gasteiger partial charge in [0.2, 0.25) is 0 Å². The topological polar surface area (TPSA) is 94.8 Å². The molecule has 0 unspecified atom stereocenters. The molecule has 0 fully saturated rings. The molecular weight excluding hydrogens is 424 g/mol. The average Bonchev–Trinajstić information content (AvgIpc) is 2.79. The van der Waals surface area contributed by atoms with Crippen molar-refractivity contribution in [2.45, 2.75) is 0 Å². The molecule has 0 atom stereocenters. The summed E-state index contributed by atoms with van der Waals surface area (Å²) in [7, 11) is -4.67. The highest BCUT2D eigenvalue weighted by Gasteiger charge is 2.04. The van der Waals surface area contributed by atoms with E-state index in [1.807, 2.05) is 12.1 Å². The summed E-state index contributed by atoms with van der Waals surface area (Å²) in [6, 6.07) is 40.2. The van der Waals surface area contributed by atoms with Crippen LogP contribution in [0.3, 0.4) is 0 Å². The van der Waals surface area contributed by atoms with E-state index < -0.39 is 10.4 Å². The number of aromatic hydroxyl groups is 1. The SMILES string of the molecule is C(=C(c1ccccc1)c1ccccc1)c1ccccc1.O=S(=O)(O)O.Oc1ccccc1. The van der Waals surface area contributed by atoms with Crippen molar-refractivity contribution in [3.05, 3.63) is 138 Å². The van der Waals surface area contributed by atoms with E-state index in [1.165, 1.54) is 22.3 Å². The van der Waals surface area contributed by atoms with Gasteiger partial charge in [-0.15, -0.1) is 0 Å². The molecule has 6 heteroatoms. The molecule has 4 rings (SSSR count). The van der Waals surface area contributed by atoms with Crippen molar-refractivity contribution in [1.29, 1.82) is 0 Å². The Labute approximate surface area is 188 Å². The van der Waals surface area contributed by atoms with Crippen molar-refractivity contribution >= 4 is 22.0 Å². The van der Waals surface area contributed by atoms with Gasteiger partial charge < -0.3 is 5.11 Å². The van der Waals surface area contributed by atoms with Crippen LogP contribution < -0.4 is 0 Å². The van der Waals surface area contributed by atoms with Crippen LogP contribution in [0, 0.1) is 0 Å². The van der Waals surface area contributed by atoms with E-state index in [9.17, 15) is 0 Å². The Morgan fingerprint density at radius 2 is 0.875 bits per heavy atom. The van der Waals surface area contributed by atoms with Crippen LogP contribution in [-0.2, 0) is 10.4 Å². The third-order valence-corrected chi connectivity index (χ3v) is 4.04. The Morgan fingerprint density at radius 3 is 1.19 bits per heavy atom. The highest BCUT2D eigenvalue weighted by molar-refractivity contribution is 7.79. The quantitative estimate of drug-likeness (QED) is 0.263. The van der Waals surface area contributed by atoms with Gasteiger partial charge in [0, 0.05) is 0 Å². The predicted molar refractivity (Wildman–Crippen MR) is 129 cm³/mol. The second kappa shape index (κ2) is 12.9. The molecule has 3 N–H and O–H groups in total. The van der Waals surface area contributed by atoms with Gasteiger partial charge in [-0.2, -0.15) is 8.42 Å². The Hall–Kier alpha value is -3.71. The van der Waals surface area contributed by atoms with Gasteiger partial charge in [0.05, 0.1) is 0 Å². The van der Waals surface area contributed by atoms with Crippen molar-refractivity contribution < 1.29 is 22.6 Å². The van der Waals surface area contributed by atoms with Crippen molar-refractivity contribution in [3.8, 4) is 5.75 Å². The Bertz CT molecular complexity index is 1130. The molecule has 0 saturated heterocycles. The Morgan fingerprint density at radius 1 is 0.562 bits per heavy atom. The van der Waals surface area contributed by atoms with Crippen LogP contribution in [0.4, 0.5) is 0 Å². The smallest absolute Gasteiger partial charge is 0.394 e. The molecule has 0 aliphatic rings. The van der Waals surface area contributed by atoms with Crippen molar-refractivity contribution in [2.75, 3.05) is 0 Å².